The van der Waals surface area contributed by atoms with Crippen molar-refractivity contribution in [3.05, 3.63) is 65.2 Å². The predicted octanol–water partition coefficient (Wildman–Crippen LogP) is 3.66. The number of aryl methyl sites for hydroxylation is 2. The Kier molecular flexibility index (Phi) is 6.26. The summed E-state index contributed by atoms with van der Waals surface area (Å²) in [7, 11) is 0. The van der Waals surface area contributed by atoms with Gasteiger partial charge in [0.05, 0.1) is 24.3 Å². The van der Waals surface area contributed by atoms with Crippen molar-refractivity contribution in [1.29, 1.82) is 0 Å². The molecule has 0 radical (unpaired) electrons. The molecule has 1 saturated heterocycles. The second-order valence-corrected chi connectivity index (χ2v) is 7.73. The maximum atomic E-state index is 13.0. The molecule has 3 aromatic rings. The van der Waals surface area contributed by atoms with Gasteiger partial charge in [-0.2, -0.15) is 0 Å². The number of rotatable bonds is 6. The molecule has 0 bridgehead atoms. The van der Waals surface area contributed by atoms with E-state index < -0.39 is 0 Å². The number of aromatic nitrogens is 1. The molecular weight excluding hydrogens is 376 g/mol. The molecule has 2 heterocycles. The Morgan fingerprint density at radius 1 is 1.10 bits per heavy atom. The normalized spacial score (nSPS) is 14.6. The summed E-state index contributed by atoms with van der Waals surface area (Å²) < 4.78 is 5.38. The fourth-order valence-corrected chi connectivity index (χ4v) is 3.77. The Bertz CT molecular complexity index is 1040. The summed E-state index contributed by atoms with van der Waals surface area (Å²) in [4.78, 5) is 20.0. The van der Waals surface area contributed by atoms with Crippen LogP contribution in [-0.4, -0.2) is 55.2 Å². The Balaban J connectivity index is 1.54. The number of nitrogens with zero attached hydrogens (tertiary/aromatic N) is 2. The van der Waals surface area contributed by atoms with Crippen molar-refractivity contribution in [2.24, 2.45) is 0 Å². The van der Waals surface area contributed by atoms with Crippen LogP contribution in [0.2, 0.25) is 0 Å². The number of ether oxygens (including phenoxy) is 1. The molecule has 1 aliphatic heterocycles. The number of carbonyl (C=O) groups is 1. The van der Waals surface area contributed by atoms with Crippen LogP contribution in [-0.2, 0) is 4.74 Å². The van der Waals surface area contributed by atoms with Crippen LogP contribution in [0.1, 0.15) is 21.5 Å². The molecule has 6 nitrogen and oxygen atoms in total. The SMILES string of the molecule is Cc1ccc(Nc2cc(C(=O)NCCN3CCOCC3)c3ccccc3n2)c(C)c1. The maximum Gasteiger partial charge on any atom is 0.252 e. The number of anilines is 2. The smallest absolute Gasteiger partial charge is 0.252 e. The minimum absolute atomic E-state index is 0.0782. The van der Waals surface area contributed by atoms with E-state index >= 15 is 0 Å². The Morgan fingerprint density at radius 3 is 2.70 bits per heavy atom. The van der Waals surface area contributed by atoms with Crippen LogP contribution >= 0.6 is 0 Å². The number of hydrogen-bond acceptors (Lipinski definition) is 5. The summed E-state index contributed by atoms with van der Waals surface area (Å²) in [5, 5.41) is 7.31. The van der Waals surface area contributed by atoms with Gasteiger partial charge in [0, 0.05) is 37.3 Å². The number of fused-ring (bicyclic) bond motifs is 1. The van der Waals surface area contributed by atoms with Gasteiger partial charge in [-0.15, -0.1) is 0 Å². The quantitative estimate of drug-likeness (QED) is 0.656. The van der Waals surface area contributed by atoms with E-state index in [1.807, 2.05) is 36.4 Å². The molecular formula is C24H28N4O2. The molecule has 0 aliphatic carbocycles. The van der Waals surface area contributed by atoms with E-state index in [1.165, 1.54) is 5.56 Å². The largest absolute Gasteiger partial charge is 0.379 e. The maximum absolute atomic E-state index is 13.0. The lowest BCUT2D eigenvalue weighted by molar-refractivity contribution is 0.0383. The molecule has 156 valence electrons. The van der Waals surface area contributed by atoms with Gasteiger partial charge in [0.1, 0.15) is 5.82 Å². The van der Waals surface area contributed by atoms with Gasteiger partial charge in [-0.1, -0.05) is 35.9 Å². The van der Waals surface area contributed by atoms with E-state index in [4.69, 9.17) is 9.72 Å². The topological polar surface area (TPSA) is 66.5 Å². The first kappa shape index (κ1) is 20.3. The first-order chi connectivity index (χ1) is 14.6. The second kappa shape index (κ2) is 9.24. The molecule has 2 N–H and O–H groups in total. The molecule has 1 aliphatic rings. The van der Waals surface area contributed by atoms with Crippen molar-refractivity contribution in [2.75, 3.05) is 44.7 Å². The third-order valence-electron chi connectivity index (χ3n) is 5.42. The number of benzene rings is 2. The average molecular weight is 405 g/mol. The first-order valence-corrected chi connectivity index (χ1v) is 10.4. The number of morpholine rings is 1. The molecule has 30 heavy (non-hydrogen) atoms. The lowest BCUT2D eigenvalue weighted by atomic mass is 10.1. The van der Waals surface area contributed by atoms with Gasteiger partial charge in [0.2, 0.25) is 0 Å². The van der Waals surface area contributed by atoms with Crippen molar-refractivity contribution in [1.82, 2.24) is 15.2 Å². The van der Waals surface area contributed by atoms with E-state index in [0.29, 0.717) is 17.9 Å². The Hall–Kier alpha value is -2.96. The zero-order valence-electron chi connectivity index (χ0n) is 17.6. The van der Waals surface area contributed by atoms with Gasteiger partial charge in [-0.25, -0.2) is 4.98 Å². The number of carbonyl (C=O) groups excluding carboxylic acids is 1. The van der Waals surface area contributed by atoms with Crippen molar-refractivity contribution in [3.63, 3.8) is 0 Å². The fraction of sp³-hybridized carbons (Fsp3) is 0.333. The molecule has 0 saturated carbocycles. The van der Waals surface area contributed by atoms with Crippen LogP contribution in [0.25, 0.3) is 10.9 Å². The lowest BCUT2D eigenvalue weighted by Crippen LogP contribution is -2.41. The minimum atomic E-state index is -0.0782. The van der Waals surface area contributed by atoms with Gasteiger partial charge in [-0.05, 0) is 37.6 Å². The van der Waals surface area contributed by atoms with Crippen molar-refractivity contribution >= 4 is 28.3 Å². The molecule has 6 heteroatoms. The van der Waals surface area contributed by atoms with E-state index in [1.54, 1.807) is 0 Å². The zero-order valence-corrected chi connectivity index (χ0v) is 17.6. The van der Waals surface area contributed by atoms with Crippen molar-refractivity contribution in [3.8, 4) is 0 Å². The van der Waals surface area contributed by atoms with Crippen LogP contribution in [0, 0.1) is 13.8 Å². The van der Waals surface area contributed by atoms with E-state index in [-0.39, 0.29) is 5.91 Å². The van der Waals surface area contributed by atoms with Crippen LogP contribution in [0.15, 0.2) is 48.5 Å². The molecule has 1 fully saturated rings. The number of hydrogen-bond donors (Lipinski definition) is 2. The molecule has 4 rings (SSSR count). The highest BCUT2D eigenvalue weighted by Gasteiger charge is 2.15. The highest BCUT2D eigenvalue weighted by atomic mass is 16.5. The van der Waals surface area contributed by atoms with E-state index in [9.17, 15) is 4.79 Å². The van der Waals surface area contributed by atoms with Crippen LogP contribution < -0.4 is 10.6 Å². The van der Waals surface area contributed by atoms with Gasteiger partial charge >= 0.3 is 0 Å². The fourth-order valence-electron chi connectivity index (χ4n) is 3.77. The summed E-state index contributed by atoms with van der Waals surface area (Å²) in [6.45, 7) is 8.92. The molecule has 0 atom stereocenters. The summed E-state index contributed by atoms with van der Waals surface area (Å²) in [5.74, 6) is 0.588. The van der Waals surface area contributed by atoms with Crippen LogP contribution in [0.4, 0.5) is 11.5 Å². The lowest BCUT2D eigenvalue weighted by Gasteiger charge is -2.26. The molecule has 1 aromatic heterocycles. The third kappa shape index (κ3) is 4.78. The average Bonchev–Trinajstić information content (AvgIpc) is 2.76. The van der Waals surface area contributed by atoms with Gasteiger partial charge in [-0.3, -0.25) is 9.69 Å². The van der Waals surface area contributed by atoms with Crippen LogP contribution in [0.3, 0.4) is 0 Å². The van der Waals surface area contributed by atoms with E-state index in [2.05, 4.69) is 41.5 Å². The number of nitrogens with one attached hydrogen (secondary N) is 2. The Labute approximate surface area is 177 Å². The Morgan fingerprint density at radius 2 is 1.90 bits per heavy atom. The molecule has 0 spiro atoms. The third-order valence-corrected chi connectivity index (χ3v) is 5.42. The molecule has 2 aromatic carbocycles. The standard InChI is InChI=1S/C24H28N4O2/c1-17-7-8-21(18(2)15-17)26-23-16-20(19-5-3-4-6-22(19)27-23)24(29)25-9-10-28-11-13-30-14-12-28/h3-8,15-16H,9-14H2,1-2H3,(H,25,29)(H,26,27). The summed E-state index contributed by atoms with van der Waals surface area (Å²) >= 11 is 0. The minimum Gasteiger partial charge on any atom is -0.379 e. The number of pyridine rings is 1. The number of amides is 1. The summed E-state index contributed by atoms with van der Waals surface area (Å²) in [5.41, 5.74) is 4.77. The summed E-state index contributed by atoms with van der Waals surface area (Å²) in [6.07, 6.45) is 0. The van der Waals surface area contributed by atoms with Gasteiger partial charge < -0.3 is 15.4 Å². The predicted molar refractivity (Wildman–Crippen MR) is 121 cm³/mol. The van der Waals surface area contributed by atoms with Crippen molar-refractivity contribution < 1.29 is 9.53 Å². The number of para-hydroxylation sites is 1. The van der Waals surface area contributed by atoms with Crippen molar-refractivity contribution in [2.45, 2.75) is 13.8 Å². The first-order valence-electron chi connectivity index (χ1n) is 10.4. The van der Waals surface area contributed by atoms with Gasteiger partial charge in [0.25, 0.3) is 5.91 Å². The monoisotopic (exact) mass is 404 g/mol. The highest BCUT2D eigenvalue weighted by molar-refractivity contribution is 6.07. The zero-order chi connectivity index (χ0) is 20.9. The van der Waals surface area contributed by atoms with E-state index in [0.717, 1.165) is 55.0 Å². The summed E-state index contributed by atoms with van der Waals surface area (Å²) in [6, 6.07) is 15.8. The second-order valence-electron chi connectivity index (χ2n) is 7.73. The highest BCUT2D eigenvalue weighted by Crippen LogP contribution is 2.25. The molecule has 0 unspecified atom stereocenters. The van der Waals surface area contributed by atoms with Crippen LogP contribution in [0.5, 0.6) is 0 Å². The van der Waals surface area contributed by atoms with Gasteiger partial charge in [0.15, 0.2) is 0 Å². The molecule has 1 amide bonds.